The summed E-state index contributed by atoms with van der Waals surface area (Å²) in [5, 5.41) is 3.69. The second kappa shape index (κ2) is 9.30. The van der Waals surface area contributed by atoms with E-state index in [4.69, 9.17) is 23.2 Å². The van der Waals surface area contributed by atoms with Gasteiger partial charge in [-0.25, -0.2) is 8.42 Å². The van der Waals surface area contributed by atoms with E-state index in [2.05, 4.69) is 5.32 Å². The molecular weight excluding hydrogens is 455 g/mol. The normalized spacial score (nSPS) is 11.3. The topological polar surface area (TPSA) is 66.5 Å². The van der Waals surface area contributed by atoms with Gasteiger partial charge in [-0.05, 0) is 86.0 Å². The predicted molar refractivity (Wildman–Crippen MR) is 127 cm³/mol. The maximum atomic E-state index is 13.4. The van der Waals surface area contributed by atoms with Crippen LogP contribution in [0.5, 0.6) is 0 Å². The second-order valence-corrected chi connectivity index (χ2v) is 9.90. The molecule has 0 saturated carbocycles. The van der Waals surface area contributed by atoms with Crippen LogP contribution in [0.2, 0.25) is 10.0 Å². The smallest absolute Gasteiger partial charge is 0.264 e. The van der Waals surface area contributed by atoms with E-state index in [0.29, 0.717) is 27.0 Å². The van der Waals surface area contributed by atoms with Crippen LogP contribution in [0.4, 0.5) is 11.4 Å². The molecule has 31 heavy (non-hydrogen) atoms. The Morgan fingerprint density at radius 2 is 1.61 bits per heavy atom. The lowest BCUT2D eigenvalue weighted by Gasteiger charge is -2.25. The van der Waals surface area contributed by atoms with E-state index in [1.807, 2.05) is 19.9 Å². The van der Waals surface area contributed by atoms with E-state index >= 15 is 0 Å². The van der Waals surface area contributed by atoms with Gasteiger partial charge >= 0.3 is 0 Å². The highest BCUT2D eigenvalue weighted by Crippen LogP contribution is 2.27. The van der Waals surface area contributed by atoms with Crippen molar-refractivity contribution < 1.29 is 13.2 Å². The number of rotatable bonds is 6. The molecule has 0 unspecified atom stereocenters. The molecule has 0 aromatic heterocycles. The number of nitrogens with one attached hydrogen (secondary N) is 1. The maximum Gasteiger partial charge on any atom is 0.264 e. The van der Waals surface area contributed by atoms with Crippen LogP contribution in [0.3, 0.4) is 0 Å². The zero-order valence-corrected chi connectivity index (χ0v) is 19.6. The molecule has 0 spiro atoms. The summed E-state index contributed by atoms with van der Waals surface area (Å²) in [7, 11) is -4.02. The van der Waals surface area contributed by atoms with Crippen molar-refractivity contribution in [2.24, 2.45) is 0 Å². The zero-order chi connectivity index (χ0) is 22.8. The lowest BCUT2D eigenvalue weighted by molar-refractivity contribution is -0.114. The molecule has 0 radical (unpaired) electrons. The van der Waals surface area contributed by atoms with Gasteiger partial charge in [0.05, 0.1) is 10.6 Å². The van der Waals surface area contributed by atoms with Gasteiger partial charge in [0.15, 0.2) is 0 Å². The molecule has 0 heterocycles. The van der Waals surface area contributed by atoms with Gasteiger partial charge < -0.3 is 5.32 Å². The Hall–Kier alpha value is -2.54. The Morgan fingerprint density at radius 1 is 0.935 bits per heavy atom. The summed E-state index contributed by atoms with van der Waals surface area (Å²) in [5.41, 5.74) is 3.57. The van der Waals surface area contributed by atoms with Crippen LogP contribution in [-0.4, -0.2) is 20.9 Å². The van der Waals surface area contributed by atoms with Crippen molar-refractivity contribution >= 4 is 50.5 Å². The van der Waals surface area contributed by atoms with Crippen molar-refractivity contribution in [3.05, 3.63) is 87.4 Å². The summed E-state index contributed by atoms with van der Waals surface area (Å²) in [6, 6.07) is 16.3. The monoisotopic (exact) mass is 476 g/mol. The molecule has 1 N–H and O–H groups in total. The zero-order valence-electron chi connectivity index (χ0n) is 17.3. The fourth-order valence-corrected chi connectivity index (χ4v) is 4.71. The fourth-order valence-electron chi connectivity index (χ4n) is 2.99. The Balaban J connectivity index is 1.99. The highest BCUT2D eigenvalue weighted by Gasteiger charge is 2.27. The number of benzene rings is 3. The van der Waals surface area contributed by atoms with Crippen LogP contribution in [-0.2, 0) is 14.8 Å². The van der Waals surface area contributed by atoms with Crippen LogP contribution in [0.15, 0.2) is 65.6 Å². The summed E-state index contributed by atoms with van der Waals surface area (Å²) in [5.74, 6) is -0.485. The predicted octanol–water partition coefficient (Wildman–Crippen LogP) is 5.75. The average Bonchev–Trinajstić information content (AvgIpc) is 2.72. The number of nitrogens with zero attached hydrogens (tertiary/aromatic N) is 1. The van der Waals surface area contributed by atoms with Gasteiger partial charge in [0.25, 0.3) is 10.0 Å². The number of halogens is 2. The second-order valence-electron chi connectivity index (χ2n) is 7.19. The molecule has 0 aliphatic heterocycles. The lowest BCUT2D eigenvalue weighted by atomic mass is 10.1. The van der Waals surface area contributed by atoms with E-state index < -0.39 is 22.5 Å². The molecule has 162 valence electrons. The number of anilines is 2. The molecule has 0 bridgehead atoms. The number of hydrogen-bond acceptors (Lipinski definition) is 3. The number of carbonyl (C=O) groups excluding carboxylic acids is 1. The van der Waals surface area contributed by atoms with E-state index in [0.717, 1.165) is 15.4 Å². The van der Waals surface area contributed by atoms with Gasteiger partial charge in [-0.1, -0.05) is 35.3 Å². The Bertz CT molecular complexity index is 1230. The molecule has 3 aromatic carbocycles. The third-order valence-corrected chi connectivity index (χ3v) is 7.46. The molecule has 1 amide bonds. The summed E-state index contributed by atoms with van der Waals surface area (Å²) in [4.78, 5) is 12.9. The van der Waals surface area contributed by atoms with Crippen molar-refractivity contribution in [2.75, 3.05) is 16.2 Å². The lowest BCUT2D eigenvalue weighted by Crippen LogP contribution is -2.38. The quantitative estimate of drug-likeness (QED) is 0.492. The number of aryl methyl sites for hydroxylation is 2. The van der Waals surface area contributed by atoms with Crippen LogP contribution in [0.25, 0.3) is 0 Å². The van der Waals surface area contributed by atoms with E-state index in [1.54, 1.807) is 37.3 Å². The van der Waals surface area contributed by atoms with Gasteiger partial charge in [0.2, 0.25) is 5.91 Å². The first-order chi connectivity index (χ1) is 14.6. The molecular formula is C23H22Cl2N2O3S. The number of sulfonamides is 1. The maximum absolute atomic E-state index is 13.4. The minimum absolute atomic E-state index is 0.0434. The standard InChI is InChI=1S/C23H22Cl2N2O3S/c1-15-7-10-19(13-16(15)2)27(31(29,30)20-11-8-18(24)9-12-20)14-23(28)26-22-6-4-5-21(25)17(22)3/h4-13H,14H2,1-3H3,(H,26,28). The minimum atomic E-state index is -4.02. The molecule has 8 heteroatoms. The first-order valence-electron chi connectivity index (χ1n) is 9.50. The molecule has 3 aromatic rings. The van der Waals surface area contributed by atoms with Crippen LogP contribution in [0, 0.1) is 20.8 Å². The van der Waals surface area contributed by atoms with Crippen molar-refractivity contribution in [1.29, 1.82) is 0 Å². The fraction of sp³-hybridized carbons (Fsp3) is 0.174. The molecule has 5 nitrogen and oxygen atoms in total. The molecule has 0 aliphatic carbocycles. The largest absolute Gasteiger partial charge is 0.324 e. The number of carbonyl (C=O) groups is 1. The molecule has 3 rings (SSSR count). The highest BCUT2D eigenvalue weighted by molar-refractivity contribution is 7.92. The summed E-state index contributed by atoms with van der Waals surface area (Å²) in [6.07, 6.45) is 0. The molecule has 0 fully saturated rings. The van der Waals surface area contributed by atoms with E-state index in [-0.39, 0.29) is 4.90 Å². The first kappa shape index (κ1) is 23.1. The van der Waals surface area contributed by atoms with E-state index in [1.165, 1.54) is 24.3 Å². The van der Waals surface area contributed by atoms with Gasteiger partial charge in [0.1, 0.15) is 6.54 Å². The van der Waals surface area contributed by atoms with Crippen molar-refractivity contribution in [3.8, 4) is 0 Å². The van der Waals surface area contributed by atoms with Crippen LogP contribution in [0.1, 0.15) is 16.7 Å². The van der Waals surface area contributed by atoms with E-state index in [9.17, 15) is 13.2 Å². The third kappa shape index (κ3) is 5.21. The van der Waals surface area contributed by atoms with Crippen molar-refractivity contribution in [1.82, 2.24) is 0 Å². The minimum Gasteiger partial charge on any atom is -0.324 e. The van der Waals surface area contributed by atoms with Gasteiger partial charge in [-0.15, -0.1) is 0 Å². The van der Waals surface area contributed by atoms with Gasteiger partial charge in [0, 0.05) is 15.7 Å². The summed E-state index contributed by atoms with van der Waals surface area (Å²) < 4.78 is 28.0. The Morgan fingerprint density at radius 3 is 2.26 bits per heavy atom. The van der Waals surface area contributed by atoms with Crippen molar-refractivity contribution in [3.63, 3.8) is 0 Å². The molecule has 0 atom stereocenters. The van der Waals surface area contributed by atoms with Crippen LogP contribution < -0.4 is 9.62 Å². The summed E-state index contributed by atoms with van der Waals surface area (Å²) in [6.45, 7) is 5.20. The molecule has 0 saturated heterocycles. The Labute approximate surface area is 192 Å². The average molecular weight is 477 g/mol. The number of hydrogen-bond donors (Lipinski definition) is 1. The first-order valence-corrected chi connectivity index (χ1v) is 11.7. The Kier molecular flexibility index (Phi) is 6.94. The number of amides is 1. The third-order valence-electron chi connectivity index (χ3n) is 5.01. The van der Waals surface area contributed by atoms with Crippen LogP contribution >= 0.6 is 23.2 Å². The van der Waals surface area contributed by atoms with Crippen molar-refractivity contribution in [2.45, 2.75) is 25.7 Å². The van der Waals surface area contributed by atoms with Gasteiger partial charge in [-0.2, -0.15) is 0 Å². The highest BCUT2D eigenvalue weighted by atomic mass is 35.5. The van der Waals surface area contributed by atoms with Gasteiger partial charge in [-0.3, -0.25) is 9.10 Å². The molecule has 0 aliphatic rings. The summed E-state index contributed by atoms with van der Waals surface area (Å²) >= 11 is 12.0. The SMILES string of the molecule is Cc1ccc(N(CC(=O)Nc2cccc(Cl)c2C)S(=O)(=O)c2ccc(Cl)cc2)cc1C.